The van der Waals surface area contributed by atoms with Crippen LogP contribution in [0.5, 0.6) is 0 Å². The van der Waals surface area contributed by atoms with Crippen LogP contribution < -0.4 is 0 Å². The quantitative estimate of drug-likeness (QED) is 0.688. The number of ketones is 1. The van der Waals surface area contributed by atoms with E-state index in [2.05, 4.69) is 0 Å². The van der Waals surface area contributed by atoms with Crippen LogP contribution in [-0.2, 0) is 9.59 Å². The molecule has 0 heterocycles. The highest BCUT2D eigenvalue weighted by Gasteiger charge is 2.17. The second-order valence-electron chi connectivity index (χ2n) is 3.48. The van der Waals surface area contributed by atoms with Crippen LogP contribution in [0.3, 0.4) is 0 Å². The normalized spacial score (nSPS) is 18.1. The highest BCUT2D eigenvalue weighted by atomic mass is 16.4. The lowest BCUT2D eigenvalue weighted by molar-refractivity contribution is -0.139. The van der Waals surface area contributed by atoms with E-state index in [1.165, 1.54) is 0 Å². The first-order valence-corrected chi connectivity index (χ1v) is 4.71. The highest BCUT2D eigenvalue weighted by molar-refractivity contribution is 5.97. The molecule has 78 valence electrons. The predicted molar refractivity (Wildman–Crippen MR) is 49.8 cm³/mol. The molecule has 4 heteroatoms. The van der Waals surface area contributed by atoms with Crippen molar-refractivity contribution < 1.29 is 19.8 Å². The SMILES string of the molecule is O=C(O)CC(O)CCC1=CCCC1=O. The number of allylic oxidation sites excluding steroid dienone is 2. The van der Waals surface area contributed by atoms with Gasteiger partial charge in [0.1, 0.15) is 0 Å². The Kier molecular flexibility index (Phi) is 3.83. The molecule has 0 radical (unpaired) electrons. The zero-order chi connectivity index (χ0) is 10.6. The summed E-state index contributed by atoms with van der Waals surface area (Å²) in [6.45, 7) is 0. The van der Waals surface area contributed by atoms with Crippen LogP contribution in [0.2, 0.25) is 0 Å². The van der Waals surface area contributed by atoms with Gasteiger partial charge in [-0.05, 0) is 24.8 Å². The van der Waals surface area contributed by atoms with Crippen molar-refractivity contribution in [3.63, 3.8) is 0 Å². The lowest BCUT2D eigenvalue weighted by Gasteiger charge is -2.07. The maximum absolute atomic E-state index is 11.1. The standard InChI is InChI=1S/C10H14O4/c11-8(6-10(13)14)5-4-7-2-1-3-9(7)12/h2,8,11H,1,3-6H2,(H,13,14). The molecule has 4 nitrogen and oxygen atoms in total. The summed E-state index contributed by atoms with van der Waals surface area (Å²) in [7, 11) is 0. The van der Waals surface area contributed by atoms with Gasteiger partial charge in [-0.2, -0.15) is 0 Å². The van der Waals surface area contributed by atoms with Gasteiger partial charge in [0.2, 0.25) is 0 Å². The minimum absolute atomic E-state index is 0.132. The molecule has 0 amide bonds. The summed E-state index contributed by atoms with van der Waals surface area (Å²) in [5.41, 5.74) is 0.745. The second kappa shape index (κ2) is 4.91. The molecule has 0 fully saturated rings. The molecule has 1 aliphatic carbocycles. The fourth-order valence-electron chi connectivity index (χ4n) is 1.52. The summed E-state index contributed by atoms with van der Waals surface area (Å²) < 4.78 is 0. The van der Waals surface area contributed by atoms with Crippen LogP contribution in [-0.4, -0.2) is 28.1 Å². The minimum atomic E-state index is -1.01. The van der Waals surface area contributed by atoms with E-state index in [4.69, 9.17) is 5.11 Å². The van der Waals surface area contributed by atoms with Gasteiger partial charge in [-0.25, -0.2) is 0 Å². The number of rotatable bonds is 5. The fraction of sp³-hybridized carbons (Fsp3) is 0.600. The zero-order valence-electron chi connectivity index (χ0n) is 7.90. The predicted octanol–water partition coefficient (Wildman–Crippen LogP) is 0.891. The number of carbonyl (C=O) groups excluding carboxylic acids is 1. The van der Waals surface area contributed by atoms with E-state index in [0.717, 1.165) is 12.0 Å². The van der Waals surface area contributed by atoms with Crippen molar-refractivity contribution in [2.45, 2.75) is 38.2 Å². The zero-order valence-corrected chi connectivity index (χ0v) is 7.90. The smallest absolute Gasteiger partial charge is 0.305 e. The molecule has 0 aromatic carbocycles. The van der Waals surface area contributed by atoms with E-state index in [1.807, 2.05) is 6.08 Å². The maximum atomic E-state index is 11.1. The largest absolute Gasteiger partial charge is 0.481 e. The Labute approximate surface area is 82.2 Å². The van der Waals surface area contributed by atoms with Gasteiger partial charge >= 0.3 is 5.97 Å². The number of aliphatic carboxylic acids is 1. The van der Waals surface area contributed by atoms with Crippen molar-refractivity contribution in [3.05, 3.63) is 11.6 Å². The van der Waals surface area contributed by atoms with Gasteiger partial charge in [-0.15, -0.1) is 0 Å². The molecule has 0 bridgehead atoms. The summed E-state index contributed by atoms with van der Waals surface area (Å²) in [6.07, 6.45) is 2.96. The van der Waals surface area contributed by atoms with E-state index in [0.29, 0.717) is 19.3 Å². The first kappa shape index (κ1) is 10.9. The molecule has 0 saturated carbocycles. The summed E-state index contributed by atoms with van der Waals surface area (Å²) in [6, 6.07) is 0. The number of aliphatic hydroxyl groups excluding tert-OH is 1. The molecule has 0 saturated heterocycles. The van der Waals surface area contributed by atoms with E-state index < -0.39 is 12.1 Å². The summed E-state index contributed by atoms with van der Waals surface area (Å²) in [4.78, 5) is 21.4. The van der Waals surface area contributed by atoms with Crippen LogP contribution in [0, 0.1) is 0 Å². The van der Waals surface area contributed by atoms with E-state index in [9.17, 15) is 14.7 Å². The van der Waals surface area contributed by atoms with Crippen molar-refractivity contribution in [2.24, 2.45) is 0 Å². The van der Waals surface area contributed by atoms with Crippen molar-refractivity contribution >= 4 is 11.8 Å². The molecule has 0 spiro atoms. The molecule has 1 atom stereocenters. The van der Waals surface area contributed by atoms with Gasteiger partial charge in [0.25, 0.3) is 0 Å². The third-order valence-corrected chi connectivity index (χ3v) is 2.28. The first-order valence-electron chi connectivity index (χ1n) is 4.71. The third kappa shape index (κ3) is 3.30. The topological polar surface area (TPSA) is 74.6 Å². The number of Topliss-reactive ketones (excluding diaryl/α,β-unsaturated/α-hetero) is 1. The number of carboxylic acid groups (broad SMARTS) is 1. The molecule has 1 aliphatic rings. The summed E-state index contributed by atoms with van der Waals surface area (Å²) in [5, 5.41) is 17.6. The first-order chi connectivity index (χ1) is 6.59. The molecule has 1 rings (SSSR count). The average molecular weight is 198 g/mol. The van der Waals surface area contributed by atoms with Crippen LogP contribution in [0.1, 0.15) is 32.1 Å². The highest BCUT2D eigenvalue weighted by Crippen LogP contribution is 2.19. The van der Waals surface area contributed by atoms with Crippen LogP contribution in [0.4, 0.5) is 0 Å². The summed E-state index contributed by atoms with van der Waals surface area (Å²) in [5.74, 6) is -0.878. The number of carbonyl (C=O) groups is 2. The lowest BCUT2D eigenvalue weighted by Crippen LogP contribution is -2.13. The number of aliphatic hydroxyl groups is 1. The molecule has 1 unspecified atom stereocenters. The van der Waals surface area contributed by atoms with Gasteiger partial charge in [0.15, 0.2) is 5.78 Å². The number of hydrogen-bond acceptors (Lipinski definition) is 3. The number of hydrogen-bond donors (Lipinski definition) is 2. The Morgan fingerprint density at radius 1 is 1.57 bits per heavy atom. The van der Waals surface area contributed by atoms with Crippen molar-refractivity contribution in [1.29, 1.82) is 0 Å². The molecule has 14 heavy (non-hydrogen) atoms. The van der Waals surface area contributed by atoms with Gasteiger partial charge < -0.3 is 10.2 Å². The molecular formula is C10H14O4. The van der Waals surface area contributed by atoms with Gasteiger partial charge in [0, 0.05) is 6.42 Å². The molecule has 0 aromatic rings. The molecule has 0 aliphatic heterocycles. The second-order valence-corrected chi connectivity index (χ2v) is 3.48. The van der Waals surface area contributed by atoms with E-state index in [-0.39, 0.29) is 12.2 Å². The van der Waals surface area contributed by atoms with Gasteiger partial charge in [0.05, 0.1) is 12.5 Å². The van der Waals surface area contributed by atoms with E-state index in [1.54, 1.807) is 0 Å². The van der Waals surface area contributed by atoms with E-state index >= 15 is 0 Å². The molecule has 2 N–H and O–H groups in total. The summed E-state index contributed by atoms with van der Waals surface area (Å²) >= 11 is 0. The minimum Gasteiger partial charge on any atom is -0.481 e. The maximum Gasteiger partial charge on any atom is 0.305 e. The lowest BCUT2D eigenvalue weighted by atomic mass is 10.0. The Balaban J connectivity index is 2.26. The van der Waals surface area contributed by atoms with Crippen LogP contribution >= 0.6 is 0 Å². The molecular weight excluding hydrogens is 184 g/mol. The fourth-order valence-corrected chi connectivity index (χ4v) is 1.52. The Morgan fingerprint density at radius 2 is 2.29 bits per heavy atom. The van der Waals surface area contributed by atoms with Crippen LogP contribution in [0.25, 0.3) is 0 Å². The Morgan fingerprint density at radius 3 is 2.79 bits per heavy atom. The van der Waals surface area contributed by atoms with Gasteiger partial charge in [-0.1, -0.05) is 6.08 Å². The average Bonchev–Trinajstić information content (AvgIpc) is 2.46. The Hall–Kier alpha value is -1.16. The number of carboxylic acids is 1. The molecule has 0 aromatic heterocycles. The van der Waals surface area contributed by atoms with Crippen molar-refractivity contribution in [3.8, 4) is 0 Å². The van der Waals surface area contributed by atoms with Gasteiger partial charge in [-0.3, -0.25) is 9.59 Å². The van der Waals surface area contributed by atoms with Crippen molar-refractivity contribution in [1.82, 2.24) is 0 Å². The van der Waals surface area contributed by atoms with Crippen molar-refractivity contribution in [2.75, 3.05) is 0 Å². The Bertz CT molecular complexity index is 267. The third-order valence-electron chi connectivity index (χ3n) is 2.28. The van der Waals surface area contributed by atoms with Crippen LogP contribution in [0.15, 0.2) is 11.6 Å². The monoisotopic (exact) mass is 198 g/mol.